The summed E-state index contributed by atoms with van der Waals surface area (Å²) in [6.45, 7) is 2.85. The molecule has 0 saturated heterocycles. The molecule has 33 heavy (non-hydrogen) atoms. The average Bonchev–Trinajstić information content (AvgIpc) is 3.38. The Morgan fingerprint density at radius 2 is 1.82 bits per heavy atom. The Balaban J connectivity index is 1.24. The van der Waals surface area contributed by atoms with Gasteiger partial charge in [-0.3, -0.25) is 0 Å². The van der Waals surface area contributed by atoms with Gasteiger partial charge < -0.3 is 9.88 Å². The Morgan fingerprint density at radius 1 is 1.03 bits per heavy atom. The Labute approximate surface area is 192 Å². The van der Waals surface area contributed by atoms with E-state index >= 15 is 0 Å². The van der Waals surface area contributed by atoms with Gasteiger partial charge in [0.1, 0.15) is 5.82 Å². The Kier molecular flexibility index (Phi) is 4.82. The summed E-state index contributed by atoms with van der Waals surface area (Å²) < 4.78 is 31.8. The zero-order chi connectivity index (χ0) is 22.6. The predicted octanol–water partition coefficient (Wildman–Crippen LogP) is 5.29. The third-order valence-electron chi connectivity index (χ3n) is 8.31. The number of aromatic nitrogens is 5. The molecule has 7 rings (SSSR count). The number of fused-ring (bicyclic) bond motifs is 4. The van der Waals surface area contributed by atoms with Crippen LogP contribution in [0.25, 0.3) is 0 Å². The summed E-state index contributed by atoms with van der Waals surface area (Å²) in [6, 6.07) is 4.21. The van der Waals surface area contributed by atoms with E-state index in [0.29, 0.717) is 5.95 Å². The van der Waals surface area contributed by atoms with Gasteiger partial charge in [-0.05, 0) is 76.0 Å². The number of aryl methyl sites for hydroxylation is 2. The van der Waals surface area contributed by atoms with Crippen LogP contribution in [-0.4, -0.2) is 29.9 Å². The van der Waals surface area contributed by atoms with Crippen molar-refractivity contribution in [1.29, 1.82) is 0 Å². The second-order valence-corrected chi connectivity index (χ2v) is 10.3. The van der Waals surface area contributed by atoms with Crippen LogP contribution < -0.4 is 5.32 Å². The van der Waals surface area contributed by atoms with Crippen molar-refractivity contribution in [2.45, 2.75) is 88.3 Å². The third-order valence-corrected chi connectivity index (χ3v) is 8.31. The number of hydrogen-bond donors (Lipinski definition) is 1. The van der Waals surface area contributed by atoms with E-state index in [-0.39, 0.29) is 17.0 Å². The quantitative estimate of drug-likeness (QED) is 0.584. The standard InChI is InChI=1S/C25H30F2N6/c1-17-15-32(16-28-17)25-10-7-24(8-11-25,9-12-25)30-23-29-22-19(4-2-3-13-33(22)31-23)18-5-6-20(26)21(27)14-18/h5-6,14-16,19H,2-4,7-13H2,1H3,(H,30,31)/t19-,24?,25?/m0/s1. The van der Waals surface area contributed by atoms with Crippen LogP contribution >= 0.6 is 0 Å². The molecule has 0 unspecified atom stereocenters. The fourth-order valence-corrected chi connectivity index (χ4v) is 6.27. The monoisotopic (exact) mass is 452 g/mol. The molecule has 3 aromatic rings. The number of imidazole rings is 1. The molecule has 2 aromatic heterocycles. The molecule has 3 heterocycles. The zero-order valence-electron chi connectivity index (χ0n) is 19.0. The van der Waals surface area contributed by atoms with Gasteiger partial charge in [-0.15, -0.1) is 5.10 Å². The minimum atomic E-state index is -0.813. The molecule has 0 amide bonds. The summed E-state index contributed by atoms with van der Waals surface area (Å²) in [7, 11) is 0. The lowest BCUT2D eigenvalue weighted by atomic mass is 9.61. The number of halogens is 2. The second-order valence-electron chi connectivity index (χ2n) is 10.3. The molecule has 2 bridgehead atoms. The van der Waals surface area contributed by atoms with Crippen LogP contribution in [0.15, 0.2) is 30.7 Å². The highest BCUT2D eigenvalue weighted by Crippen LogP contribution is 2.52. The van der Waals surface area contributed by atoms with Crippen LogP contribution in [-0.2, 0) is 12.1 Å². The van der Waals surface area contributed by atoms with Gasteiger partial charge in [-0.2, -0.15) is 4.98 Å². The van der Waals surface area contributed by atoms with Crippen molar-refractivity contribution < 1.29 is 8.78 Å². The van der Waals surface area contributed by atoms with E-state index in [9.17, 15) is 8.78 Å². The minimum absolute atomic E-state index is 0.0302. The van der Waals surface area contributed by atoms with Gasteiger partial charge in [-0.25, -0.2) is 18.4 Å². The average molecular weight is 453 g/mol. The van der Waals surface area contributed by atoms with Crippen molar-refractivity contribution in [3.8, 4) is 0 Å². The molecule has 1 aliphatic heterocycles. The summed E-state index contributed by atoms with van der Waals surface area (Å²) >= 11 is 0. The maximum absolute atomic E-state index is 13.9. The number of nitrogens with one attached hydrogen (secondary N) is 1. The van der Waals surface area contributed by atoms with Gasteiger partial charge >= 0.3 is 0 Å². The smallest absolute Gasteiger partial charge is 0.242 e. The molecular formula is C25H30F2N6. The SMILES string of the molecule is Cc1cn(C23CCC(Nc4nc5n(n4)CCCC[C@H]5c4ccc(F)c(F)c4)(CC2)CC3)cn1. The van der Waals surface area contributed by atoms with E-state index in [2.05, 4.69) is 21.1 Å². The van der Waals surface area contributed by atoms with Gasteiger partial charge in [0.25, 0.3) is 0 Å². The summed E-state index contributed by atoms with van der Waals surface area (Å²) in [5.74, 6) is -0.162. The predicted molar refractivity (Wildman–Crippen MR) is 121 cm³/mol. The summed E-state index contributed by atoms with van der Waals surface area (Å²) in [6.07, 6.45) is 13.7. The highest BCUT2D eigenvalue weighted by molar-refractivity contribution is 5.35. The summed E-state index contributed by atoms with van der Waals surface area (Å²) in [5.41, 5.74) is 2.07. The molecular weight excluding hydrogens is 422 g/mol. The molecule has 3 saturated carbocycles. The lowest BCUT2D eigenvalue weighted by Gasteiger charge is -2.54. The van der Waals surface area contributed by atoms with Crippen molar-refractivity contribution in [3.05, 3.63) is 59.4 Å². The minimum Gasteiger partial charge on any atom is -0.347 e. The first-order chi connectivity index (χ1) is 16.0. The number of rotatable bonds is 4. The van der Waals surface area contributed by atoms with Gasteiger partial charge in [-0.1, -0.05) is 12.5 Å². The summed E-state index contributed by atoms with van der Waals surface area (Å²) in [5, 5.41) is 8.55. The van der Waals surface area contributed by atoms with Crippen LogP contribution in [0, 0.1) is 18.6 Å². The van der Waals surface area contributed by atoms with E-state index in [1.807, 2.05) is 17.9 Å². The van der Waals surface area contributed by atoms with E-state index in [1.54, 1.807) is 6.07 Å². The van der Waals surface area contributed by atoms with Gasteiger partial charge in [0.2, 0.25) is 5.95 Å². The van der Waals surface area contributed by atoms with Crippen LogP contribution in [0.5, 0.6) is 0 Å². The highest BCUT2D eigenvalue weighted by atomic mass is 19.2. The second kappa shape index (κ2) is 7.64. The molecule has 3 aliphatic carbocycles. The van der Waals surface area contributed by atoms with Crippen molar-refractivity contribution in [3.63, 3.8) is 0 Å². The topological polar surface area (TPSA) is 60.6 Å². The molecule has 1 aromatic carbocycles. The number of nitrogens with zero attached hydrogens (tertiary/aromatic N) is 5. The molecule has 8 heteroatoms. The van der Waals surface area contributed by atoms with E-state index in [1.165, 1.54) is 12.1 Å². The van der Waals surface area contributed by atoms with Crippen molar-refractivity contribution in [1.82, 2.24) is 24.3 Å². The Hall–Kier alpha value is -2.77. The molecule has 1 atom stereocenters. The van der Waals surface area contributed by atoms with Crippen LogP contribution in [0.3, 0.4) is 0 Å². The fourth-order valence-electron chi connectivity index (χ4n) is 6.27. The zero-order valence-corrected chi connectivity index (χ0v) is 19.0. The molecule has 6 nitrogen and oxygen atoms in total. The van der Waals surface area contributed by atoms with Gasteiger partial charge in [0.05, 0.1) is 12.0 Å². The largest absolute Gasteiger partial charge is 0.347 e. The molecule has 174 valence electrons. The highest BCUT2D eigenvalue weighted by Gasteiger charge is 2.50. The van der Waals surface area contributed by atoms with Crippen LogP contribution in [0.1, 0.15) is 80.8 Å². The lowest BCUT2D eigenvalue weighted by Crippen LogP contribution is -2.54. The maximum Gasteiger partial charge on any atom is 0.242 e. The first-order valence-electron chi connectivity index (χ1n) is 12.1. The molecule has 0 radical (unpaired) electrons. The molecule has 1 N–H and O–H groups in total. The summed E-state index contributed by atoms with van der Waals surface area (Å²) in [4.78, 5) is 9.37. The normalized spacial score (nSPS) is 29.0. The van der Waals surface area contributed by atoms with Gasteiger partial charge in [0.15, 0.2) is 11.6 Å². The Bertz CT molecular complexity index is 1160. The first-order valence-corrected chi connectivity index (χ1v) is 12.1. The maximum atomic E-state index is 13.9. The number of hydrogen-bond acceptors (Lipinski definition) is 4. The molecule has 0 spiro atoms. The Morgan fingerprint density at radius 3 is 2.52 bits per heavy atom. The van der Waals surface area contributed by atoms with Crippen molar-refractivity contribution in [2.24, 2.45) is 0 Å². The van der Waals surface area contributed by atoms with Gasteiger partial charge in [0, 0.05) is 29.7 Å². The van der Waals surface area contributed by atoms with Crippen molar-refractivity contribution >= 4 is 5.95 Å². The van der Waals surface area contributed by atoms with Crippen LogP contribution in [0.2, 0.25) is 0 Å². The van der Waals surface area contributed by atoms with Crippen LogP contribution in [0.4, 0.5) is 14.7 Å². The fraction of sp³-hybridized carbons (Fsp3) is 0.560. The molecule has 4 aliphatic rings. The number of anilines is 1. The number of benzene rings is 1. The third kappa shape index (κ3) is 3.54. The molecule has 3 fully saturated rings. The van der Waals surface area contributed by atoms with Crippen molar-refractivity contribution in [2.75, 3.05) is 5.32 Å². The van der Waals surface area contributed by atoms with E-state index < -0.39 is 11.6 Å². The van der Waals surface area contributed by atoms with E-state index in [4.69, 9.17) is 10.1 Å². The first kappa shape index (κ1) is 20.8. The van der Waals surface area contributed by atoms with E-state index in [0.717, 1.165) is 81.4 Å². The lowest BCUT2D eigenvalue weighted by molar-refractivity contribution is 0.0638.